The Hall–Kier alpha value is -3.79. The zero-order chi connectivity index (χ0) is 20.2. The molecule has 0 fully saturated rings. The van der Waals surface area contributed by atoms with Crippen LogP contribution in [0.15, 0.2) is 94.1 Å². The first-order valence-electron chi connectivity index (χ1n) is 9.22. The Kier molecular flexibility index (Phi) is 5.16. The average molecular weight is 384 g/mol. The van der Waals surface area contributed by atoms with E-state index in [2.05, 4.69) is 0 Å². The third-order valence-corrected chi connectivity index (χ3v) is 4.77. The highest BCUT2D eigenvalue weighted by molar-refractivity contribution is 5.87. The summed E-state index contributed by atoms with van der Waals surface area (Å²) >= 11 is 0. The standard InChI is InChI=1S/C25H20O4/c1-27-19-13-14-20(23(15-19)28-2)24-21(17-9-5-3-6-10-17)16-22(29-25(24)26)18-11-7-4-8-12-18/h3-16H,1-2H3. The zero-order valence-corrected chi connectivity index (χ0v) is 16.2. The van der Waals surface area contributed by atoms with E-state index in [9.17, 15) is 4.79 Å². The molecule has 0 bridgehead atoms. The quantitative estimate of drug-likeness (QED) is 0.446. The van der Waals surface area contributed by atoms with Gasteiger partial charge in [-0.1, -0.05) is 60.7 Å². The lowest BCUT2D eigenvalue weighted by Crippen LogP contribution is -2.07. The van der Waals surface area contributed by atoms with E-state index in [1.807, 2.05) is 72.8 Å². The molecule has 0 radical (unpaired) electrons. The fourth-order valence-corrected chi connectivity index (χ4v) is 3.34. The summed E-state index contributed by atoms with van der Waals surface area (Å²) < 4.78 is 16.6. The van der Waals surface area contributed by atoms with Gasteiger partial charge in [0.25, 0.3) is 0 Å². The Bertz CT molecular complexity index is 1180. The van der Waals surface area contributed by atoms with Crippen LogP contribution in [0.25, 0.3) is 33.6 Å². The summed E-state index contributed by atoms with van der Waals surface area (Å²) in [6.07, 6.45) is 0. The SMILES string of the molecule is COc1ccc(-c2c(-c3ccccc3)cc(-c3ccccc3)oc2=O)c(OC)c1. The Morgan fingerprint density at radius 3 is 1.97 bits per heavy atom. The van der Waals surface area contributed by atoms with Gasteiger partial charge in [0, 0.05) is 22.8 Å². The van der Waals surface area contributed by atoms with Gasteiger partial charge < -0.3 is 13.9 Å². The van der Waals surface area contributed by atoms with Crippen LogP contribution in [0, 0.1) is 0 Å². The number of rotatable bonds is 5. The second-order valence-electron chi connectivity index (χ2n) is 6.49. The predicted octanol–water partition coefficient (Wildman–Crippen LogP) is 5.66. The van der Waals surface area contributed by atoms with Gasteiger partial charge in [-0.2, -0.15) is 0 Å². The average Bonchev–Trinajstić information content (AvgIpc) is 2.79. The first-order chi connectivity index (χ1) is 14.2. The minimum Gasteiger partial charge on any atom is -0.497 e. The van der Waals surface area contributed by atoms with Crippen LogP contribution in [0.5, 0.6) is 11.5 Å². The molecule has 0 saturated carbocycles. The van der Waals surface area contributed by atoms with Crippen molar-refractivity contribution in [2.75, 3.05) is 14.2 Å². The van der Waals surface area contributed by atoms with Crippen molar-refractivity contribution in [3.63, 3.8) is 0 Å². The smallest absolute Gasteiger partial charge is 0.344 e. The maximum absolute atomic E-state index is 13.2. The number of hydrogen-bond donors (Lipinski definition) is 0. The molecule has 0 N–H and O–H groups in total. The molecule has 144 valence electrons. The zero-order valence-electron chi connectivity index (χ0n) is 16.2. The monoisotopic (exact) mass is 384 g/mol. The second-order valence-corrected chi connectivity index (χ2v) is 6.49. The van der Waals surface area contributed by atoms with Gasteiger partial charge in [0.15, 0.2) is 0 Å². The Balaban J connectivity index is 2.01. The van der Waals surface area contributed by atoms with Crippen molar-refractivity contribution in [1.29, 1.82) is 0 Å². The molecule has 0 saturated heterocycles. The molecule has 0 aliphatic heterocycles. The molecule has 0 unspecified atom stereocenters. The number of methoxy groups -OCH3 is 2. The summed E-state index contributed by atoms with van der Waals surface area (Å²) in [5, 5.41) is 0. The van der Waals surface area contributed by atoms with Gasteiger partial charge >= 0.3 is 5.63 Å². The summed E-state index contributed by atoms with van der Waals surface area (Å²) in [6.45, 7) is 0. The van der Waals surface area contributed by atoms with Crippen molar-refractivity contribution in [2.24, 2.45) is 0 Å². The molecular formula is C25H20O4. The van der Waals surface area contributed by atoms with E-state index in [-0.39, 0.29) is 0 Å². The van der Waals surface area contributed by atoms with Crippen LogP contribution in [0.1, 0.15) is 0 Å². The molecule has 0 aliphatic rings. The Morgan fingerprint density at radius 1 is 0.690 bits per heavy atom. The normalized spacial score (nSPS) is 10.6. The fourth-order valence-electron chi connectivity index (χ4n) is 3.34. The van der Waals surface area contributed by atoms with Gasteiger partial charge in [0.2, 0.25) is 0 Å². The molecular weight excluding hydrogens is 364 g/mol. The van der Waals surface area contributed by atoms with Gasteiger partial charge in [-0.3, -0.25) is 0 Å². The van der Waals surface area contributed by atoms with Crippen LogP contribution in [-0.4, -0.2) is 14.2 Å². The lowest BCUT2D eigenvalue weighted by atomic mass is 9.94. The minimum atomic E-state index is -0.423. The summed E-state index contributed by atoms with van der Waals surface area (Å²) in [7, 11) is 3.16. The van der Waals surface area contributed by atoms with Gasteiger partial charge in [-0.05, 0) is 23.8 Å². The van der Waals surface area contributed by atoms with Gasteiger partial charge in [-0.25, -0.2) is 4.79 Å². The fraction of sp³-hybridized carbons (Fsp3) is 0.0800. The van der Waals surface area contributed by atoms with Crippen molar-refractivity contribution in [2.45, 2.75) is 0 Å². The molecule has 4 heteroatoms. The molecule has 0 atom stereocenters. The van der Waals surface area contributed by atoms with Crippen LogP contribution in [0.4, 0.5) is 0 Å². The third kappa shape index (κ3) is 3.65. The summed E-state index contributed by atoms with van der Waals surface area (Å²) in [5.41, 5.74) is 3.23. The van der Waals surface area contributed by atoms with E-state index in [1.54, 1.807) is 26.4 Å². The van der Waals surface area contributed by atoms with E-state index in [0.29, 0.717) is 28.4 Å². The number of ether oxygens (including phenoxy) is 2. The molecule has 0 spiro atoms. The molecule has 4 aromatic rings. The highest BCUT2D eigenvalue weighted by Gasteiger charge is 2.20. The van der Waals surface area contributed by atoms with Crippen molar-refractivity contribution >= 4 is 0 Å². The molecule has 0 amide bonds. The molecule has 1 aromatic heterocycles. The van der Waals surface area contributed by atoms with Crippen molar-refractivity contribution in [3.8, 4) is 45.1 Å². The van der Waals surface area contributed by atoms with E-state index in [1.165, 1.54) is 0 Å². The molecule has 4 nitrogen and oxygen atoms in total. The highest BCUT2D eigenvalue weighted by Crippen LogP contribution is 2.38. The van der Waals surface area contributed by atoms with Crippen LogP contribution in [-0.2, 0) is 0 Å². The first-order valence-corrected chi connectivity index (χ1v) is 9.22. The molecule has 4 rings (SSSR count). The van der Waals surface area contributed by atoms with Crippen LogP contribution in [0.2, 0.25) is 0 Å². The van der Waals surface area contributed by atoms with Crippen LogP contribution < -0.4 is 15.1 Å². The van der Waals surface area contributed by atoms with E-state index in [4.69, 9.17) is 13.9 Å². The maximum atomic E-state index is 13.2. The van der Waals surface area contributed by atoms with Crippen molar-refractivity contribution < 1.29 is 13.9 Å². The van der Waals surface area contributed by atoms with Gasteiger partial charge in [0.05, 0.1) is 19.8 Å². The van der Waals surface area contributed by atoms with Gasteiger partial charge in [0.1, 0.15) is 17.3 Å². The lowest BCUT2D eigenvalue weighted by Gasteiger charge is -2.14. The minimum absolute atomic E-state index is 0.423. The van der Waals surface area contributed by atoms with E-state index in [0.717, 1.165) is 16.7 Å². The van der Waals surface area contributed by atoms with Crippen molar-refractivity contribution in [3.05, 3.63) is 95.3 Å². The Labute approximate surface area is 169 Å². The predicted molar refractivity (Wildman–Crippen MR) is 114 cm³/mol. The van der Waals surface area contributed by atoms with Gasteiger partial charge in [-0.15, -0.1) is 0 Å². The second kappa shape index (κ2) is 8.07. The first kappa shape index (κ1) is 18.6. The maximum Gasteiger partial charge on any atom is 0.344 e. The lowest BCUT2D eigenvalue weighted by molar-refractivity contribution is 0.395. The summed E-state index contributed by atoms with van der Waals surface area (Å²) in [6, 6.07) is 26.7. The number of hydrogen-bond acceptors (Lipinski definition) is 4. The van der Waals surface area contributed by atoms with E-state index < -0.39 is 5.63 Å². The molecule has 3 aromatic carbocycles. The number of benzene rings is 3. The molecule has 29 heavy (non-hydrogen) atoms. The topological polar surface area (TPSA) is 48.7 Å². The van der Waals surface area contributed by atoms with Crippen LogP contribution >= 0.6 is 0 Å². The van der Waals surface area contributed by atoms with Crippen molar-refractivity contribution in [1.82, 2.24) is 0 Å². The summed E-state index contributed by atoms with van der Waals surface area (Å²) in [4.78, 5) is 13.2. The molecule has 0 aliphatic carbocycles. The largest absolute Gasteiger partial charge is 0.497 e. The van der Waals surface area contributed by atoms with E-state index >= 15 is 0 Å². The highest BCUT2D eigenvalue weighted by atomic mass is 16.5. The molecule has 1 heterocycles. The van der Waals surface area contributed by atoms with Crippen LogP contribution in [0.3, 0.4) is 0 Å². The Morgan fingerprint density at radius 2 is 1.34 bits per heavy atom. The summed E-state index contributed by atoms with van der Waals surface area (Å²) in [5.74, 6) is 1.71. The third-order valence-electron chi connectivity index (χ3n) is 4.77.